The van der Waals surface area contributed by atoms with E-state index in [-0.39, 0.29) is 17.7 Å². The molecule has 1 aliphatic heterocycles. The number of methoxy groups -OCH3 is 1. The maximum atomic E-state index is 12.1. The Bertz CT molecular complexity index is 621. The van der Waals surface area contributed by atoms with Crippen LogP contribution in [0.5, 0.6) is 0 Å². The Balaban J connectivity index is 2.11. The first kappa shape index (κ1) is 15.5. The Kier molecular flexibility index (Phi) is 4.59. The van der Waals surface area contributed by atoms with Gasteiger partial charge in [0.25, 0.3) is 11.5 Å². The first-order chi connectivity index (χ1) is 9.92. The molecule has 1 aromatic rings. The molecule has 2 atom stereocenters. The maximum absolute atomic E-state index is 12.1. The number of amides is 1. The third-order valence-corrected chi connectivity index (χ3v) is 3.71. The van der Waals surface area contributed by atoms with E-state index in [1.165, 1.54) is 0 Å². The zero-order chi connectivity index (χ0) is 15.6. The van der Waals surface area contributed by atoms with E-state index in [2.05, 4.69) is 29.0 Å². The van der Waals surface area contributed by atoms with Gasteiger partial charge in [0.05, 0.1) is 12.1 Å². The largest absolute Gasteiger partial charge is 0.378 e. The van der Waals surface area contributed by atoms with Gasteiger partial charge in [-0.05, 0) is 13.8 Å². The molecule has 1 fully saturated rings. The molecule has 1 aromatic heterocycles. The summed E-state index contributed by atoms with van der Waals surface area (Å²) in [5.74, 6) is -0.523. The van der Waals surface area contributed by atoms with Crippen LogP contribution in [0.25, 0.3) is 0 Å². The van der Waals surface area contributed by atoms with Crippen LogP contribution in [0.2, 0.25) is 0 Å². The average Bonchev–Trinajstić information content (AvgIpc) is 2.81. The van der Waals surface area contributed by atoms with Crippen LogP contribution in [0.3, 0.4) is 0 Å². The van der Waals surface area contributed by atoms with E-state index in [9.17, 15) is 14.4 Å². The van der Waals surface area contributed by atoms with Crippen molar-refractivity contribution < 1.29 is 9.53 Å². The van der Waals surface area contributed by atoms with Gasteiger partial charge in [0.15, 0.2) is 0 Å². The highest BCUT2D eigenvalue weighted by atomic mass is 16.5. The highest BCUT2D eigenvalue weighted by Crippen LogP contribution is 2.16. The number of rotatable bonds is 4. The normalized spacial score (nSPS) is 22.7. The van der Waals surface area contributed by atoms with Gasteiger partial charge >= 0.3 is 5.69 Å². The van der Waals surface area contributed by atoms with Crippen molar-refractivity contribution in [3.05, 3.63) is 32.6 Å². The number of nitrogens with one attached hydrogen (secondary N) is 3. The molecule has 0 saturated carbocycles. The first-order valence-corrected chi connectivity index (χ1v) is 6.82. The minimum atomic E-state index is -0.705. The molecule has 1 saturated heterocycles. The third-order valence-electron chi connectivity index (χ3n) is 3.71. The summed E-state index contributed by atoms with van der Waals surface area (Å²) < 4.78 is 5.39. The first-order valence-electron chi connectivity index (χ1n) is 6.82. The lowest BCUT2D eigenvalue weighted by molar-refractivity contribution is 0.0752. The van der Waals surface area contributed by atoms with E-state index in [0.29, 0.717) is 12.6 Å². The van der Waals surface area contributed by atoms with Gasteiger partial charge in [-0.3, -0.25) is 19.5 Å². The van der Waals surface area contributed by atoms with Crippen LogP contribution in [0.15, 0.2) is 15.8 Å². The standard InChI is InChI=1S/C13H20N4O4/c1-7(2)17-5-9(10(6-17)21-3)15-11(18)8-4-14-13(20)16-12(8)19/h4,7,9-10H,5-6H2,1-3H3,(H,15,18)(H2,14,16,19,20)/t9-,10-/m1/s1. The smallest absolute Gasteiger partial charge is 0.325 e. The number of H-pyrrole nitrogens is 2. The summed E-state index contributed by atoms with van der Waals surface area (Å²) in [5, 5.41) is 2.79. The monoisotopic (exact) mass is 296 g/mol. The van der Waals surface area contributed by atoms with E-state index < -0.39 is 17.2 Å². The molecule has 8 heteroatoms. The number of likely N-dealkylation sites (tertiary alicyclic amines) is 1. The van der Waals surface area contributed by atoms with Crippen molar-refractivity contribution in [3.8, 4) is 0 Å². The van der Waals surface area contributed by atoms with Crippen molar-refractivity contribution in [2.24, 2.45) is 0 Å². The summed E-state index contributed by atoms with van der Waals surface area (Å²) >= 11 is 0. The van der Waals surface area contributed by atoms with E-state index in [4.69, 9.17) is 4.74 Å². The lowest BCUT2D eigenvalue weighted by atomic mass is 10.2. The summed E-state index contributed by atoms with van der Waals surface area (Å²) in [6.45, 7) is 5.53. The van der Waals surface area contributed by atoms with Gasteiger partial charge in [-0.15, -0.1) is 0 Å². The fourth-order valence-corrected chi connectivity index (χ4v) is 2.43. The molecule has 1 aliphatic rings. The van der Waals surface area contributed by atoms with E-state index in [0.717, 1.165) is 12.7 Å². The van der Waals surface area contributed by atoms with Gasteiger partial charge in [0.1, 0.15) is 5.56 Å². The van der Waals surface area contributed by atoms with Crippen LogP contribution in [-0.2, 0) is 4.74 Å². The fourth-order valence-electron chi connectivity index (χ4n) is 2.43. The van der Waals surface area contributed by atoms with Gasteiger partial charge in [0.2, 0.25) is 0 Å². The molecule has 116 valence electrons. The third kappa shape index (κ3) is 3.40. The topological polar surface area (TPSA) is 107 Å². The predicted octanol–water partition coefficient (Wildman–Crippen LogP) is -1.10. The molecule has 0 unspecified atom stereocenters. The summed E-state index contributed by atoms with van der Waals surface area (Å²) in [5.41, 5.74) is -1.46. The average molecular weight is 296 g/mol. The molecular weight excluding hydrogens is 276 g/mol. The molecule has 0 radical (unpaired) electrons. The highest BCUT2D eigenvalue weighted by Gasteiger charge is 2.35. The molecule has 8 nitrogen and oxygen atoms in total. The second-order valence-electron chi connectivity index (χ2n) is 5.39. The molecule has 0 aromatic carbocycles. The van der Waals surface area contributed by atoms with E-state index in [1.54, 1.807) is 7.11 Å². The van der Waals surface area contributed by atoms with Crippen LogP contribution in [-0.4, -0.2) is 59.2 Å². The van der Waals surface area contributed by atoms with Crippen LogP contribution in [0, 0.1) is 0 Å². The van der Waals surface area contributed by atoms with Crippen molar-refractivity contribution >= 4 is 5.91 Å². The SMILES string of the molecule is CO[C@@H]1CN(C(C)C)C[C@H]1NC(=O)c1c[nH]c(=O)[nH]c1=O. The molecular formula is C13H20N4O4. The Morgan fingerprint density at radius 2 is 2.14 bits per heavy atom. The zero-order valence-corrected chi connectivity index (χ0v) is 12.3. The van der Waals surface area contributed by atoms with Crippen molar-refractivity contribution in [1.29, 1.82) is 0 Å². The van der Waals surface area contributed by atoms with Crippen molar-refractivity contribution in [3.63, 3.8) is 0 Å². The molecule has 2 rings (SSSR count). The minimum absolute atomic E-state index is 0.118. The Morgan fingerprint density at radius 3 is 2.71 bits per heavy atom. The molecule has 0 spiro atoms. The number of hydrogen-bond acceptors (Lipinski definition) is 5. The number of aromatic amines is 2. The Hall–Kier alpha value is -1.93. The molecule has 0 bridgehead atoms. The number of carbonyl (C=O) groups excluding carboxylic acids is 1. The predicted molar refractivity (Wildman–Crippen MR) is 76.4 cm³/mol. The number of carbonyl (C=O) groups is 1. The highest BCUT2D eigenvalue weighted by molar-refractivity contribution is 5.93. The number of nitrogens with zero attached hydrogens (tertiary/aromatic N) is 1. The number of ether oxygens (including phenoxy) is 1. The van der Waals surface area contributed by atoms with Crippen LogP contribution >= 0.6 is 0 Å². The molecule has 3 N–H and O–H groups in total. The zero-order valence-electron chi connectivity index (χ0n) is 12.3. The second kappa shape index (κ2) is 6.23. The van der Waals surface area contributed by atoms with Gasteiger partial charge in [-0.1, -0.05) is 0 Å². The van der Waals surface area contributed by atoms with Crippen molar-refractivity contribution in [2.45, 2.75) is 32.0 Å². The fraction of sp³-hybridized carbons (Fsp3) is 0.615. The minimum Gasteiger partial charge on any atom is -0.378 e. The van der Waals surface area contributed by atoms with Crippen molar-refractivity contribution in [2.75, 3.05) is 20.2 Å². The summed E-state index contributed by atoms with van der Waals surface area (Å²) in [4.78, 5) is 41.2. The Morgan fingerprint density at radius 1 is 1.43 bits per heavy atom. The second-order valence-corrected chi connectivity index (χ2v) is 5.39. The lowest BCUT2D eigenvalue weighted by Gasteiger charge is -2.19. The maximum Gasteiger partial charge on any atom is 0.325 e. The summed E-state index contributed by atoms with van der Waals surface area (Å²) in [6.07, 6.45) is 0.992. The van der Waals surface area contributed by atoms with E-state index in [1.807, 2.05) is 4.98 Å². The molecule has 0 aliphatic carbocycles. The van der Waals surface area contributed by atoms with Crippen LogP contribution in [0.1, 0.15) is 24.2 Å². The molecule has 1 amide bonds. The van der Waals surface area contributed by atoms with Gasteiger partial charge < -0.3 is 15.0 Å². The Labute approximate surface area is 121 Å². The van der Waals surface area contributed by atoms with Gasteiger partial charge in [-0.2, -0.15) is 0 Å². The van der Waals surface area contributed by atoms with Crippen LogP contribution in [0.4, 0.5) is 0 Å². The van der Waals surface area contributed by atoms with Crippen molar-refractivity contribution in [1.82, 2.24) is 20.2 Å². The van der Waals surface area contributed by atoms with Gasteiger partial charge in [-0.25, -0.2) is 4.79 Å². The molecule has 21 heavy (non-hydrogen) atoms. The lowest BCUT2D eigenvalue weighted by Crippen LogP contribution is -2.45. The summed E-state index contributed by atoms with van der Waals surface area (Å²) in [6, 6.07) is 0.150. The quantitative estimate of drug-likeness (QED) is 0.654. The number of aromatic nitrogens is 2. The summed E-state index contributed by atoms with van der Waals surface area (Å²) in [7, 11) is 1.60. The molecule has 2 heterocycles. The van der Waals surface area contributed by atoms with Gasteiger partial charge in [0, 0.05) is 32.4 Å². The number of hydrogen-bond donors (Lipinski definition) is 3. The van der Waals surface area contributed by atoms with E-state index >= 15 is 0 Å². The van der Waals surface area contributed by atoms with Crippen LogP contribution < -0.4 is 16.6 Å².